The van der Waals surface area contributed by atoms with E-state index in [2.05, 4.69) is 19.2 Å². The Kier molecular flexibility index (Phi) is 7.69. The van der Waals surface area contributed by atoms with Crippen LogP contribution in [0.3, 0.4) is 0 Å². The lowest BCUT2D eigenvalue weighted by molar-refractivity contribution is -0.132. The molecule has 0 unspecified atom stereocenters. The molecule has 33 heavy (non-hydrogen) atoms. The highest BCUT2D eigenvalue weighted by atomic mass is 16.5. The summed E-state index contributed by atoms with van der Waals surface area (Å²) in [7, 11) is 0. The number of anilines is 1. The van der Waals surface area contributed by atoms with Crippen molar-refractivity contribution < 1.29 is 14.3 Å². The second-order valence-electron chi connectivity index (χ2n) is 9.29. The van der Waals surface area contributed by atoms with Gasteiger partial charge in [-0.1, -0.05) is 52.0 Å². The number of amides is 1. The standard InChI is InChI=1S/C27H33N3O3/c1-17(2)14-24-26(21-10-12-22(13-11-21)28-25(32)15-18(3)4)27(33-20(6)31)30(29-24)23-9-7-8-19(5)16-23/h7-13,16-18H,14-15H2,1-6H3,(H,28,32). The number of esters is 1. The molecular weight excluding hydrogens is 414 g/mol. The molecule has 0 aliphatic rings. The minimum atomic E-state index is -0.404. The van der Waals surface area contributed by atoms with Gasteiger partial charge in [0.15, 0.2) is 0 Å². The molecule has 0 aliphatic carbocycles. The quantitative estimate of drug-likeness (QED) is 0.433. The maximum Gasteiger partial charge on any atom is 0.309 e. The number of aryl methyl sites for hydroxylation is 1. The first-order valence-corrected chi connectivity index (χ1v) is 11.4. The number of nitrogens with one attached hydrogen (secondary N) is 1. The van der Waals surface area contributed by atoms with Gasteiger partial charge in [0.05, 0.1) is 16.9 Å². The molecule has 0 spiro atoms. The summed E-state index contributed by atoms with van der Waals surface area (Å²) in [4.78, 5) is 24.2. The van der Waals surface area contributed by atoms with E-state index >= 15 is 0 Å². The normalized spacial score (nSPS) is 11.2. The molecule has 6 heteroatoms. The average molecular weight is 448 g/mol. The van der Waals surface area contributed by atoms with E-state index in [0.29, 0.717) is 24.1 Å². The molecule has 3 rings (SSSR count). The zero-order valence-electron chi connectivity index (χ0n) is 20.3. The lowest BCUT2D eigenvalue weighted by Gasteiger charge is -2.11. The van der Waals surface area contributed by atoms with Crippen LogP contribution in [0.5, 0.6) is 5.88 Å². The van der Waals surface area contributed by atoms with E-state index in [-0.39, 0.29) is 5.91 Å². The summed E-state index contributed by atoms with van der Waals surface area (Å²) in [6.07, 6.45) is 1.20. The van der Waals surface area contributed by atoms with Crippen molar-refractivity contribution in [1.82, 2.24) is 9.78 Å². The summed E-state index contributed by atoms with van der Waals surface area (Å²) < 4.78 is 7.43. The van der Waals surface area contributed by atoms with Gasteiger partial charge in [-0.2, -0.15) is 9.78 Å². The summed E-state index contributed by atoms with van der Waals surface area (Å²) in [5.41, 5.74) is 5.18. The summed E-state index contributed by atoms with van der Waals surface area (Å²) >= 11 is 0. The van der Waals surface area contributed by atoms with E-state index in [1.807, 2.05) is 69.3 Å². The summed E-state index contributed by atoms with van der Waals surface area (Å²) in [6, 6.07) is 15.5. The third-order valence-corrected chi connectivity index (χ3v) is 5.05. The van der Waals surface area contributed by atoms with Crippen LogP contribution in [0.4, 0.5) is 5.69 Å². The fraction of sp³-hybridized carbons (Fsp3) is 0.370. The Balaban J connectivity index is 2.08. The molecule has 6 nitrogen and oxygen atoms in total. The smallest absolute Gasteiger partial charge is 0.309 e. The van der Waals surface area contributed by atoms with Crippen molar-refractivity contribution in [3.63, 3.8) is 0 Å². The molecule has 0 saturated carbocycles. The fourth-order valence-corrected chi connectivity index (χ4v) is 3.73. The Morgan fingerprint density at radius 1 is 1.03 bits per heavy atom. The number of ether oxygens (including phenoxy) is 1. The van der Waals surface area contributed by atoms with E-state index < -0.39 is 5.97 Å². The predicted molar refractivity (Wildman–Crippen MR) is 132 cm³/mol. The fourth-order valence-electron chi connectivity index (χ4n) is 3.73. The van der Waals surface area contributed by atoms with E-state index in [0.717, 1.165) is 40.2 Å². The third-order valence-electron chi connectivity index (χ3n) is 5.05. The number of rotatable bonds is 8. The van der Waals surface area contributed by atoms with Crippen LogP contribution in [-0.2, 0) is 16.0 Å². The van der Waals surface area contributed by atoms with Crippen LogP contribution in [0.15, 0.2) is 48.5 Å². The highest BCUT2D eigenvalue weighted by Gasteiger charge is 2.24. The topological polar surface area (TPSA) is 73.2 Å². The van der Waals surface area contributed by atoms with Crippen LogP contribution in [-0.4, -0.2) is 21.7 Å². The first-order chi connectivity index (χ1) is 15.6. The van der Waals surface area contributed by atoms with Crippen molar-refractivity contribution in [2.45, 2.75) is 54.4 Å². The van der Waals surface area contributed by atoms with E-state index in [1.165, 1.54) is 6.92 Å². The first kappa shape index (κ1) is 24.2. The van der Waals surface area contributed by atoms with Crippen molar-refractivity contribution in [3.05, 3.63) is 59.8 Å². The predicted octanol–water partition coefficient (Wildman–Crippen LogP) is 5.96. The Morgan fingerprint density at radius 3 is 2.30 bits per heavy atom. The molecule has 0 saturated heterocycles. The SMILES string of the molecule is CC(=O)Oc1c(-c2ccc(NC(=O)CC(C)C)cc2)c(CC(C)C)nn1-c1cccc(C)c1. The molecule has 3 aromatic rings. The van der Waals surface area contributed by atoms with Crippen LogP contribution >= 0.6 is 0 Å². The maximum absolute atomic E-state index is 12.1. The molecule has 1 heterocycles. The second kappa shape index (κ2) is 10.5. The van der Waals surface area contributed by atoms with Gasteiger partial charge in [-0.25, -0.2) is 0 Å². The number of aromatic nitrogens is 2. The van der Waals surface area contributed by atoms with Gasteiger partial charge in [-0.15, -0.1) is 0 Å². The number of benzene rings is 2. The van der Waals surface area contributed by atoms with Crippen molar-refractivity contribution in [3.8, 4) is 22.7 Å². The van der Waals surface area contributed by atoms with Crippen LogP contribution in [0.25, 0.3) is 16.8 Å². The second-order valence-corrected chi connectivity index (χ2v) is 9.29. The maximum atomic E-state index is 12.1. The third kappa shape index (κ3) is 6.31. The Hall–Kier alpha value is -3.41. The van der Waals surface area contributed by atoms with Gasteiger partial charge in [-0.05, 0) is 60.6 Å². The van der Waals surface area contributed by atoms with Crippen LogP contribution in [0.1, 0.15) is 52.3 Å². The van der Waals surface area contributed by atoms with Gasteiger partial charge < -0.3 is 10.1 Å². The zero-order chi connectivity index (χ0) is 24.1. The van der Waals surface area contributed by atoms with E-state index in [1.54, 1.807) is 4.68 Å². The van der Waals surface area contributed by atoms with E-state index in [4.69, 9.17) is 9.84 Å². The molecule has 0 radical (unpaired) electrons. The monoisotopic (exact) mass is 447 g/mol. The highest BCUT2D eigenvalue weighted by Crippen LogP contribution is 2.37. The Labute approximate surface area is 196 Å². The van der Waals surface area contributed by atoms with E-state index in [9.17, 15) is 9.59 Å². The molecule has 0 fully saturated rings. The number of hydrogen-bond acceptors (Lipinski definition) is 4. The Morgan fingerprint density at radius 2 is 1.73 bits per heavy atom. The summed E-state index contributed by atoms with van der Waals surface area (Å²) in [6.45, 7) is 11.7. The molecule has 1 amide bonds. The molecule has 0 bridgehead atoms. The van der Waals surface area contributed by atoms with Crippen molar-refractivity contribution in [2.75, 3.05) is 5.32 Å². The van der Waals surface area contributed by atoms with Crippen molar-refractivity contribution in [1.29, 1.82) is 0 Å². The van der Waals surface area contributed by atoms with Gasteiger partial charge in [0.25, 0.3) is 0 Å². The number of hydrogen-bond donors (Lipinski definition) is 1. The molecule has 2 aromatic carbocycles. The Bertz CT molecular complexity index is 1130. The molecule has 1 aromatic heterocycles. The lowest BCUT2D eigenvalue weighted by Crippen LogP contribution is -2.13. The number of carbonyl (C=O) groups is 2. The number of carbonyl (C=O) groups excluding carboxylic acids is 2. The molecule has 174 valence electrons. The molecule has 0 aliphatic heterocycles. The van der Waals surface area contributed by atoms with Gasteiger partial charge >= 0.3 is 5.97 Å². The summed E-state index contributed by atoms with van der Waals surface area (Å²) in [5, 5.41) is 7.80. The molecular formula is C27H33N3O3. The molecule has 1 N–H and O–H groups in total. The van der Waals surface area contributed by atoms with Gasteiger partial charge in [0.2, 0.25) is 11.8 Å². The average Bonchev–Trinajstić information content (AvgIpc) is 3.04. The van der Waals surface area contributed by atoms with Crippen LogP contribution in [0, 0.1) is 18.8 Å². The van der Waals surface area contributed by atoms with Crippen LogP contribution in [0.2, 0.25) is 0 Å². The highest BCUT2D eigenvalue weighted by molar-refractivity contribution is 5.91. The van der Waals surface area contributed by atoms with Gasteiger partial charge in [-0.3, -0.25) is 9.59 Å². The zero-order valence-corrected chi connectivity index (χ0v) is 20.3. The van der Waals surface area contributed by atoms with Gasteiger partial charge in [0, 0.05) is 19.0 Å². The van der Waals surface area contributed by atoms with Gasteiger partial charge in [0.1, 0.15) is 0 Å². The van der Waals surface area contributed by atoms with Crippen molar-refractivity contribution >= 4 is 17.6 Å². The summed E-state index contributed by atoms with van der Waals surface area (Å²) in [5.74, 6) is 0.649. The number of nitrogens with zero attached hydrogens (tertiary/aromatic N) is 2. The first-order valence-electron chi connectivity index (χ1n) is 11.4. The molecule has 0 atom stereocenters. The van der Waals surface area contributed by atoms with Crippen LogP contribution < -0.4 is 10.1 Å². The minimum absolute atomic E-state index is 0.00823. The lowest BCUT2D eigenvalue weighted by atomic mass is 9.99. The van der Waals surface area contributed by atoms with Crippen molar-refractivity contribution in [2.24, 2.45) is 11.8 Å². The largest absolute Gasteiger partial charge is 0.407 e. The minimum Gasteiger partial charge on any atom is -0.407 e.